The van der Waals surface area contributed by atoms with E-state index in [1.807, 2.05) is 13.8 Å². The number of ether oxygens (including phenoxy) is 2. The number of amides is 2. The molecule has 0 aromatic heterocycles. The van der Waals surface area contributed by atoms with E-state index in [9.17, 15) is 19.7 Å². The molecule has 2 amide bonds. The average molecular weight is 428 g/mol. The maximum absolute atomic E-state index is 12.8. The van der Waals surface area contributed by atoms with Gasteiger partial charge in [-0.3, -0.25) is 24.6 Å². The normalized spacial score (nSPS) is 15.0. The number of rotatable bonds is 8. The van der Waals surface area contributed by atoms with Gasteiger partial charge in [-0.05, 0) is 49.4 Å². The fourth-order valence-electron chi connectivity index (χ4n) is 2.90. The van der Waals surface area contributed by atoms with Crippen molar-refractivity contribution < 1.29 is 24.0 Å². The van der Waals surface area contributed by atoms with Crippen molar-refractivity contribution in [3.63, 3.8) is 0 Å². The van der Waals surface area contributed by atoms with E-state index in [1.165, 1.54) is 18.2 Å². The molecule has 3 rings (SSSR count). The highest BCUT2D eigenvalue weighted by Gasteiger charge is 2.35. The van der Waals surface area contributed by atoms with Crippen LogP contribution in [0.4, 0.5) is 10.5 Å². The Kier molecular flexibility index (Phi) is 6.73. The first-order chi connectivity index (χ1) is 14.4. The van der Waals surface area contributed by atoms with Crippen molar-refractivity contribution >= 4 is 34.7 Å². The zero-order valence-corrected chi connectivity index (χ0v) is 17.3. The lowest BCUT2D eigenvalue weighted by Gasteiger charge is -2.12. The van der Waals surface area contributed by atoms with Gasteiger partial charge in [0.05, 0.1) is 29.6 Å². The number of nitro benzene ring substituents is 1. The summed E-state index contributed by atoms with van der Waals surface area (Å²) in [5, 5.41) is 10.5. The van der Waals surface area contributed by atoms with Crippen molar-refractivity contribution in [2.75, 3.05) is 13.2 Å². The number of non-ortho nitro benzene ring substituents is 1. The number of benzene rings is 2. The Morgan fingerprint density at radius 2 is 1.87 bits per heavy atom. The molecule has 30 heavy (non-hydrogen) atoms. The Hall–Kier alpha value is -3.33. The summed E-state index contributed by atoms with van der Waals surface area (Å²) >= 11 is 0.825. The van der Waals surface area contributed by atoms with Gasteiger partial charge >= 0.3 is 0 Å². The first-order valence-electron chi connectivity index (χ1n) is 9.31. The molecule has 0 bridgehead atoms. The molecule has 156 valence electrons. The van der Waals surface area contributed by atoms with Crippen LogP contribution in [0.2, 0.25) is 0 Å². The molecule has 1 fully saturated rings. The number of hydrogen-bond donors (Lipinski definition) is 0. The van der Waals surface area contributed by atoms with Crippen molar-refractivity contribution in [2.45, 2.75) is 20.4 Å². The summed E-state index contributed by atoms with van der Waals surface area (Å²) in [5.74, 6) is 0.749. The number of hydrogen-bond acceptors (Lipinski definition) is 7. The Bertz CT molecular complexity index is 1020. The summed E-state index contributed by atoms with van der Waals surface area (Å²) in [5.41, 5.74) is 1.07. The molecule has 9 heteroatoms. The van der Waals surface area contributed by atoms with Gasteiger partial charge in [-0.2, -0.15) is 0 Å². The molecule has 2 aromatic rings. The van der Waals surface area contributed by atoms with Gasteiger partial charge in [-0.25, -0.2) is 0 Å². The van der Waals surface area contributed by atoms with Crippen LogP contribution in [0, 0.1) is 10.1 Å². The predicted octanol–water partition coefficient (Wildman–Crippen LogP) is 4.63. The molecule has 1 aliphatic rings. The summed E-state index contributed by atoms with van der Waals surface area (Å²) < 4.78 is 11.1. The topological polar surface area (TPSA) is 99.0 Å². The maximum atomic E-state index is 12.8. The van der Waals surface area contributed by atoms with Gasteiger partial charge in [0.2, 0.25) is 0 Å². The number of nitro groups is 1. The maximum Gasteiger partial charge on any atom is 0.293 e. The van der Waals surface area contributed by atoms with Gasteiger partial charge in [0, 0.05) is 23.8 Å². The molecule has 0 unspecified atom stereocenters. The summed E-state index contributed by atoms with van der Waals surface area (Å²) in [4.78, 5) is 37.0. The lowest BCUT2D eigenvalue weighted by Crippen LogP contribution is -2.27. The minimum Gasteiger partial charge on any atom is -0.494 e. The fourth-order valence-corrected chi connectivity index (χ4v) is 3.73. The number of carbonyl (C=O) groups excluding carboxylic acids is 2. The van der Waals surface area contributed by atoms with Crippen LogP contribution in [0.25, 0.3) is 6.08 Å². The zero-order chi connectivity index (χ0) is 21.7. The lowest BCUT2D eigenvalue weighted by molar-refractivity contribution is -0.384. The Morgan fingerprint density at radius 1 is 1.10 bits per heavy atom. The van der Waals surface area contributed by atoms with Crippen molar-refractivity contribution in [1.82, 2.24) is 4.90 Å². The van der Waals surface area contributed by atoms with E-state index >= 15 is 0 Å². The van der Waals surface area contributed by atoms with Crippen LogP contribution in [0.1, 0.15) is 25.0 Å². The number of imide groups is 1. The van der Waals surface area contributed by atoms with Gasteiger partial charge in [0.15, 0.2) is 0 Å². The summed E-state index contributed by atoms with van der Waals surface area (Å²) in [7, 11) is 0. The van der Waals surface area contributed by atoms with E-state index in [0.717, 1.165) is 16.7 Å². The van der Waals surface area contributed by atoms with E-state index in [-0.39, 0.29) is 17.1 Å². The summed E-state index contributed by atoms with van der Waals surface area (Å²) in [6, 6.07) is 11.2. The van der Waals surface area contributed by atoms with E-state index in [0.29, 0.717) is 35.8 Å². The van der Waals surface area contributed by atoms with E-state index < -0.39 is 16.1 Å². The van der Waals surface area contributed by atoms with Crippen molar-refractivity contribution in [3.8, 4) is 11.5 Å². The first-order valence-corrected chi connectivity index (χ1v) is 10.1. The van der Waals surface area contributed by atoms with Crippen molar-refractivity contribution in [1.29, 1.82) is 0 Å². The van der Waals surface area contributed by atoms with E-state index in [2.05, 4.69) is 0 Å². The molecular formula is C21H20N2O6S. The molecule has 0 radical (unpaired) electrons. The second kappa shape index (κ2) is 9.45. The second-order valence-corrected chi connectivity index (χ2v) is 7.25. The molecule has 2 aromatic carbocycles. The number of nitrogens with zero attached hydrogens (tertiary/aromatic N) is 2. The Balaban J connectivity index is 1.84. The third-order valence-corrected chi connectivity index (χ3v) is 5.13. The average Bonchev–Trinajstić information content (AvgIpc) is 2.98. The molecule has 0 aliphatic carbocycles. The van der Waals surface area contributed by atoms with Crippen molar-refractivity contribution in [3.05, 3.63) is 68.6 Å². The summed E-state index contributed by atoms with van der Waals surface area (Å²) in [6.07, 6.45) is 1.61. The lowest BCUT2D eigenvalue weighted by atomic mass is 10.1. The summed E-state index contributed by atoms with van der Waals surface area (Å²) in [6.45, 7) is 4.65. The highest BCUT2D eigenvalue weighted by molar-refractivity contribution is 8.18. The van der Waals surface area contributed by atoms with Crippen LogP contribution < -0.4 is 9.47 Å². The van der Waals surface area contributed by atoms with Crippen LogP contribution in [0.3, 0.4) is 0 Å². The highest BCUT2D eigenvalue weighted by Crippen LogP contribution is 2.36. The molecule has 0 saturated carbocycles. The molecule has 0 N–H and O–H groups in total. The molecule has 0 spiro atoms. The molecule has 1 saturated heterocycles. The van der Waals surface area contributed by atoms with E-state index in [4.69, 9.17) is 9.47 Å². The van der Waals surface area contributed by atoms with Crippen LogP contribution in [0.15, 0.2) is 47.4 Å². The number of carbonyl (C=O) groups is 2. The second-order valence-electron chi connectivity index (χ2n) is 6.26. The zero-order valence-electron chi connectivity index (χ0n) is 16.5. The Morgan fingerprint density at radius 3 is 2.57 bits per heavy atom. The van der Waals surface area contributed by atoms with Gasteiger partial charge < -0.3 is 9.47 Å². The molecule has 1 heterocycles. The smallest absolute Gasteiger partial charge is 0.293 e. The largest absolute Gasteiger partial charge is 0.494 e. The minimum atomic E-state index is -0.515. The monoisotopic (exact) mass is 428 g/mol. The van der Waals surface area contributed by atoms with Crippen LogP contribution in [0.5, 0.6) is 11.5 Å². The molecule has 8 nitrogen and oxygen atoms in total. The molecular weight excluding hydrogens is 408 g/mol. The highest BCUT2D eigenvalue weighted by atomic mass is 32.2. The van der Waals surface area contributed by atoms with Crippen LogP contribution in [-0.4, -0.2) is 34.2 Å². The SMILES string of the molecule is CCOc1ccc(C=C2SC(=O)N(Cc3cccc([N+](=O)[O-])c3)C2=O)c(OCC)c1. The predicted molar refractivity (Wildman–Crippen MR) is 113 cm³/mol. The first kappa shape index (κ1) is 21.4. The van der Waals surface area contributed by atoms with Crippen LogP contribution >= 0.6 is 11.8 Å². The Labute approximate surface area is 177 Å². The minimum absolute atomic E-state index is 0.0364. The molecule has 0 atom stereocenters. The van der Waals surface area contributed by atoms with Crippen LogP contribution in [-0.2, 0) is 11.3 Å². The third kappa shape index (κ3) is 4.80. The van der Waals surface area contributed by atoms with Gasteiger partial charge in [-0.1, -0.05) is 12.1 Å². The van der Waals surface area contributed by atoms with Gasteiger partial charge in [0.25, 0.3) is 16.8 Å². The standard InChI is InChI=1S/C21H20N2O6S/c1-3-28-17-9-8-15(18(12-17)29-4-2)11-19-20(24)22(21(25)30-19)13-14-6-5-7-16(10-14)23(26)27/h5-12H,3-4,13H2,1-2H3. The van der Waals surface area contributed by atoms with Crippen molar-refractivity contribution in [2.24, 2.45) is 0 Å². The third-order valence-electron chi connectivity index (χ3n) is 4.22. The molecule has 1 aliphatic heterocycles. The number of thioether (sulfide) groups is 1. The quantitative estimate of drug-likeness (QED) is 0.343. The van der Waals surface area contributed by atoms with Gasteiger partial charge in [0.1, 0.15) is 11.5 Å². The van der Waals surface area contributed by atoms with Gasteiger partial charge in [-0.15, -0.1) is 0 Å². The van der Waals surface area contributed by atoms with E-state index in [1.54, 1.807) is 30.3 Å². The fraction of sp³-hybridized carbons (Fsp3) is 0.238.